The van der Waals surface area contributed by atoms with E-state index in [0.717, 1.165) is 22.4 Å². The molecule has 2 N–H and O–H groups in total. The number of hydrogen-bond donors (Lipinski definition) is 2. The van der Waals surface area contributed by atoms with Gasteiger partial charge in [0.25, 0.3) is 11.8 Å². The first-order chi connectivity index (χ1) is 16.4. The van der Waals surface area contributed by atoms with Crippen molar-refractivity contribution in [2.75, 3.05) is 11.9 Å². The summed E-state index contributed by atoms with van der Waals surface area (Å²) in [5.74, 6) is -0.126. The molecule has 0 radical (unpaired) electrons. The fourth-order valence-electron chi connectivity index (χ4n) is 3.07. The van der Waals surface area contributed by atoms with E-state index in [-0.39, 0.29) is 18.4 Å². The lowest BCUT2D eigenvalue weighted by Crippen LogP contribution is -2.20. The molecule has 1 aliphatic heterocycles. The number of carbonyl (C=O) groups is 2. The number of anilines is 1. The van der Waals surface area contributed by atoms with E-state index < -0.39 is 0 Å². The first-order valence-electron chi connectivity index (χ1n) is 10.5. The van der Waals surface area contributed by atoms with Crippen LogP contribution in [-0.2, 0) is 9.59 Å². The number of aliphatic imine (C=N–C) groups is 1. The van der Waals surface area contributed by atoms with Gasteiger partial charge < -0.3 is 15.4 Å². The molecule has 3 aromatic carbocycles. The predicted octanol–water partition coefficient (Wildman–Crippen LogP) is 5.87. The highest BCUT2D eigenvalue weighted by Crippen LogP contribution is 2.31. The molecule has 1 heterocycles. The summed E-state index contributed by atoms with van der Waals surface area (Å²) < 4.78 is 5.56. The minimum atomic E-state index is -0.287. The molecule has 0 aromatic heterocycles. The van der Waals surface area contributed by atoms with Crippen LogP contribution in [0.25, 0.3) is 6.08 Å². The molecule has 8 heteroatoms. The van der Waals surface area contributed by atoms with E-state index in [1.54, 1.807) is 24.3 Å². The molecule has 0 aliphatic carbocycles. The molecule has 3 aromatic rings. The van der Waals surface area contributed by atoms with Gasteiger partial charge in [-0.3, -0.25) is 9.59 Å². The molecular weight excluding hydrogens is 470 g/mol. The number of nitrogens with one attached hydrogen (secondary N) is 2. The van der Waals surface area contributed by atoms with Crippen molar-refractivity contribution in [3.05, 3.63) is 93.3 Å². The maximum absolute atomic E-state index is 12.3. The van der Waals surface area contributed by atoms with Crippen molar-refractivity contribution in [1.29, 1.82) is 0 Å². The Morgan fingerprint density at radius 3 is 2.41 bits per heavy atom. The van der Waals surface area contributed by atoms with Crippen LogP contribution >= 0.6 is 23.4 Å². The molecule has 1 saturated heterocycles. The summed E-state index contributed by atoms with van der Waals surface area (Å²) in [7, 11) is 0. The summed E-state index contributed by atoms with van der Waals surface area (Å²) in [5, 5.41) is 6.41. The number of rotatable bonds is 6. The van der Waals surface area contributed by atoms with Crippen LogP contribution in [-0.4, -0.2) is 23.6 Å². The molecule has 172 valence electrons. The Kier molecular flexibility index (Phi) is 7.35. The molecule has 0 unspecified atom stereocenters. The Morgan fingerprint density at radius 2 is 1.74 bits per heavy atom. The summed E-state index contributed by atoms with van der Waals surface area (Å²) in [6, 6.07) is 20.4. The number of amides is 2. The fourth-order valence-corrected chi connectivity index (χ4v) is 4.16. The number of carbonyl (C=O) groups excluding carboxylic acids is 2. The van der Waals surface area contributed by atoms with Gasteiger partial charge >= 0.3 is 0 Å². The Bertz CT molecular complexity index is 1290. The Morgan fingerprint density at radius 1 is 1.06 bits per heavy atom. The second kappa shape index (κ2) is 10.6. The molecule has 0 saturated carbocycles. The van der Waals surface area contributed by atoms with Gasteiger partial charge in [0.2, 0.25) is 0 Å². The topological polar surface area (TPSA) is 79.8 Å². The minimum absolute atomic E-state index is 0.175. The summed E-state index contributed by atoms with van der Waals surface area (Å²) in [6.07, 6.45) is 1.73. The summed E-state index contributed by atoms with van der Waals surface area (Å²) in [5.41, 5.74) is 4.45. The van der Waals surface area contributed by atoms with Gasteiger partial charge in [-0.2, -0.15) is 0 Å². The first-order valence-corrected chi connectivity index (χ1v) is 11.7. The fraction of sp³-hybridized carbons (Fsp3) is 0.115. The molecule has 34 heavy (non-hydrogen) atoms. The average Bonchev–Trinajstić information content (AvgIpc) is 3.14. The highest BCUT2D eigenvalue weighted by Gasteiger charge is 2.24. The number of hydrogen-bond acceptors (Lipinski definition) is 5. The lowest BCUT2D eigenvalue weighted by atomic mass is 10.2. The van der Waals surface area contributed by atoms with Crippen LogP contribution in [0, 0.1) is 13.8 Å². The number of amidine groups is 1. The summed E-state index contributed by atoms with van der Waals surface area (Å²) >= 11 is 7.61. The van der Waals surface area contributed by atoms with E-state index >= 15 is 0 Å². The van der Waals surface area contributed by atoms with Crippen molar-refractivity contribution >= 4 is 57.8 Å². The first kappa shape index (κ1) is 23.6. The Labute approximate surface area is 207 Å². The van der Waals surface area contributed by atoms with Crippen molar-refractivity contribution < 1.29 is 14.3 Å². The summed E-state index contributed by atoms with van der Waals surface area (Å²) in [6.45, 7) is 3.81. The number of thioether (sulfide) groups is 1. The van der Waals surface area contributed by atoms with Crippen LogP contribution in [0.4, 0.5) is 11.4 Å². The molecule has 4 rings (SSSR count). The van der Waals surface area contributed by atoms with E-state index in [1.807, 2.05) is 62.4 Å². The molecule has 2 amide bonds. The second-order valence-electron chi connectivity index (χ2n) is 7.71. The van der Waals surface area contributed by atoms with Gasteiger partial charge in [0.05, 0.1) is 15.6 Å². The maximum Gasteiger partial charge on any atom is 0.264 e. The largest absolute Gasteiger partial charge is 0.482 e. The number of nitrogens with zero attached hydrogens (tertiary/aromatic N) is 1. The van der Waals surface area contributed by atoms with Crippen molar-refractivity contribution in [2.45, 2.75) is 13.8 Å². The van der Waals surface area contributed by atoms with Crippen LogP contribution in [0.15, 0.2) is 76.6 Å². The number of halogens is 1. The van der Waals surface area contributed by atoms with Crippen molar-refractivity contribution in [2.24, 2.45) is 4.99 Å². The Hall–Kier alpha value is -3.55. The van der Waals surface area contributed by atoms with E-state index in [1.165, 1.54) is 11.8 Å². The van der Waals surface area contributed by atoms with Crippen molar-refractivity contribution in [3.8, 4) is 5.75 Å². The van der Waals surface area contributed by atoms with Crippen LogP contribution in [0.2, 0.25) is 5.02 Å². The monoisotopic (exact) mass is 491 g/mol. The number of benzene rings is 3. The summed E-state index contributed by atoms with van der Waals surface area (Å²) in [4.78, 5) is 29.5. The third kappa shape index (κ3) is 6.27. The highest BCUT2D eigenvalue weighted by molar-refractivity contribution is 8.18. The number of ether oxygens (including phenoxy) is 1. The molecule has 1 aliphatic rings. The van der Waals surface area contributed by atoms with Gasteiger partial charge in [0.15, 0.2) is 11.8 Å². The smallest absolute Gasteiger partial charge is 0.264 e. The van der Waals surface area contributed by atoms with Gasteiger partial charge in [0, 0.05) is 5.69 Å². The van der Waals surface area contributed by atoms with Gasteiger partial charge in [-0.05, 0) is 73.6 Å². The molecular formula is C26H22ClN3O3S. The predicted molar refractivity (Wildman–Crippen MR) is 139 cm³/mol. The van der Waals surface area contributed by atoms with E-state index in [4.69, 9.17) is 16.3 Å². The van der Waals surface area contributed by atoms with E-state index in [2.05, 4.69) is 15.6 Å². The van der Waals surface area contributed by atoms with E-state index in [0.29, 0.717) is 26.5 Å². The standard InChI is InChI=1S/C26H22ClN3O3S/c1-16-3-8-19(9-4-16)28-24(31)15-33-22-12-7-18(13-21(22)27)14-23-25(32)30-26(34-23)29-20-10-5-17(2)6-11-20/h3-14H,15H2,1-2H3,(H,28,31)(H,29,30,32)/b23-14+. The zero-order valence-corrected chi connectivity index (χ0v) is 20.2. The molecule has 0 atom stereocenters. The van der Waals surface area contributed by atoms with Crippen LogP contribution in [0.1, 0.15) is 16.7 Å². The van der Waals surface area contributed by atoms with Crippen LogP contribution in [0.3, 0.4) is 0 Å². The molecule has 0 spiro atoms. The average molecular weight is 492 g/mol. The Balaban J connectivity index is 1.37. The zero-order chi connectivity index (χ0) is 24.1. The number of aryl methyl sites for hydroxylation is 2. The quantitative estimate of drug-likeness (QED) is 0.423. The lowest BCUT2D eigenvalue weighted by molar-refractivity contribution is -0.118. The third-order valence-corrected chi connectivity index (χ3v) is 6.07. The molecule has 0 bridgehead atoms. The maximum atomic E-state index is 12.3. The highest BCUT2D eigenvalue weighted by atomic mass is 35.5. The van der Waals surface area contributed by atoms with Gasteiger partial charge in [-0.1, -0.05) is 53.1 Å². The van der Waals surface area contributed by atoms with Crippen molar-refractivity contribution in [3.63, 3.8) is 0 Å². The zero-order valence-electron chi connectivity index (χ0n) is 18.6. The lowest BCUT2D eigenvalue weighted by Gasteiger charge is -2.09. The third-order valence-electron chi connectivity index (χ3n) is 4.86. The molecule has 1 fully saturated rings. The van der Waals surface area contributed by atoms with Crippen molar-refractivity contribution in [1.82, 2.24) is 5.32 Å². The van der Waals surface area contributed by atoms with E-state index in [9.17, 15) is 9.59 Å². The van der Waals surface area contributed by atoms with Gasteiger partial charge in [-0.25, -0.2) is 4.99 Å². The van der Waals surface area contributed by atoms with Gasteiger partial charge in [-0.15, -0.1) is 0 Å². The van der Waals surface area contributed by atoms with Gasteiger partial charge in [0.1, 0.15) is 5.75 Å². The molecule has 6 nitrogen and oxygen atoms in total. The normalized spacial score (nSPS) is 15.4. The van der Waals surface area contributed by atoms with Crippen LogP contribution in [0.5, 0.6) is 5.75 Å². The second-order valence-corrected chi connectivity index (χ2v) is 9.15. The minimum Gasteiger partial charge on any atom is -0.482 e. The SMILES string of the molecule is Cc1ccc(N=C2NC(=O)/C(=C\c3ccc(OCC(=O)Nc4ccc(C)cc4)c(Cl)c3)S2)cc1. The van der Waals surface area contributed by atoms with Crippen LogP contribution < -0.4 is 15.4 Å².